The summed E-state index contributed by atoms with van der Waals surface area (Å²) in [6, 6.07) is 25.9. The third kappa shape index (κ3) is 11.0. The molecule has 0 amide bonds. The topological polar surface area (TPSA) is 89.5 Å². The molecule has 0 saturated heterocycles. The van der Waals surface area contributed by atoms with Crippen molar-refractivity contribution in [2.75, 3.05) is 33.0 Å². The van der Waals surface area contributed by atoms with Gasteiger partial charge in [0.2, 0.25) is 0 Å². The van der Waals surface area contributed by atoms with Crippen LogP contribution in [0, 0.1) is 11.7 Å². The van der Waals surface area contributed by atoms with Crippen molar-refractivity contribution in [2.45, 2.75) is 71.8 Å². The molecule has 0 N–H and O–H groups in total. The van der Waals surface area contributed by atoms with Crippen molar-refractivity contribution >= 4 is 11.9 Å². The van der Waals surface area contributed by atoms with Crippen molar-refractivity contribution in [3.63, 3.8) is 0 Å². The van der Waals surface area contributed by atoms with Gasteiger partial charge in [0, 0.05) is 12.3 Å². The van der Waals surface area contributed by atoms with Crippen LogP contribution in [0.5, 0.6) is 23.0 Å². The van der Waals surface area contributed by atoms with Crippen LogP contribution in [0.1, 0.15) is 64.9 Å². The summed E-state index contributed by atoms with van der Waals surface area (Å²) in [5.74, 6) is 1.74. The predicted octanol–water partition coefficient (Wildman–Crippen LogP) is 9.40. The van der Waals surface area contributed by atoms with Crippen LogP contribution < -0.4 is 18.9 Å². The predicted molar refractivity (Wildman–Crippen MR) is 198 cm³/mol. The normalized spacial score (nSPS) is 13.2. The van der Waals surface area contributed by atoms with E-state index >= 15 is 0 Å². The molecule has 276 valence electrons. The maximum Gasteiger partial charge on any atom is 0.347 e. The highest BCUT2D eigenvalue weighted by molar-refractivity contribution is 5.77. The molecule has 8 nitrogen and oxygen atoms in total. The number of para-hydroxylation sites is 1. The first-order chi connectivity index (χ1) is 25.3. The first kappa shape index (κ1) is 38.2. The molecule has 0 aromatic heterocycles. The number of esters is 2. The van der Waals surface area contributed by atoms with Crippen LogP contribution in [0.25, 0.3) is 22.3 Å². The summed E-state index contributed by atoms with van der Waals surface area (Å²) >= 11 is 0. The minimum atomic E-state index is -0.760. The molecule has 0 aliphatic carbocycles. The minimum absolute atomic E-state index is 0.0819. The lowest BCUT2D eigenvalue weighted by Gasteiger charge is -2.25. The number of aryl methyl sites for hydroxylation is 1. The minimum Gasteiger partial charge on any atom is -0.494 e. The van der Waals surface area contributed by atoms with Gasteiger partial charge < -0.3 is 28.4 Å². The Bertz CT molecular complexity index is 1750. The molecular formula is C43H49FO8. The zero-order chi connectivity index (χ0) is 36.7. The van der Waals surface area contributed by atoms with Gasteiger partial charge in [0.05, 0.1) is 19.8 Å². The van der Waals surface area contributed by atoms with E-state index in [1.165, 1.54) is 12.1 Å². The fourth-order valence-electron chi connectivity index (χ4n) is 6.20. The van der Waals surface area contributed by atoms with Crippen molar-refractivity contribution in [3.8, 4) is 45.3 Å². The van der Waals surface area contributed by atoms with E-state index in [0.717, 1.165) is 71.4 Å². The summed E-state index contributed by atoms with van der Waals surface area (Å²) in [6.45, 7) is 7.76. The number of carbonyl (C=O) groups excluding carboxylic acids is 2. The number of hydrogen-bond acceptors (Lipinski definition) is 8. The van der Waals surface area contributed by atoms with Gasteiger partial charge in [-0.05, 0) is 109 Å². The largest absolute Gasteiger partial charge is 0.494 e. The lowest BCUT2D eigenvalue weighted by molar-refractivity contribution is -0.154. The third-order valence-electron chi connectivity index (χ3n) is 8.95. The number of fused-ring (bicyclic) bond motifs is 1. The molecule has 5 rings (SSSR count). The quantitative estimate of drug-likeness (QED) is 0.0702. The fourth-order valence-corrected chi connectivity index (χ4v) is 6.20. The van der Waals surface area contributed by atoms with E-state index in [-0.39, 0.29) is 36.7 Å². The molecule has 4 aromatic carbocycles. The number of ether oxygens (including phenoxy) is 6. The second-order valence-corrected chi connectivity index (χ2v) is 12.8. The van der Waals surface area contributed by atoms with Crippen LogP contribution in [0.3, 0.4) is 0 Å². The highest BCUT2D eigenvalue weighted by Gasteiger charge is 2.29. The first-order valence-corrected chi connectivity index (χ1v) is 18.3. The second kappa shape index (κ2) is 19.5. The molecule has 0 saturated carbocycles. The summed E-state index contributed by atoms with van der Waals surface area (Å²) in [6.07, 6.45) is 4.42. The molecule has 52 heavy (non-hydrogen) atoms. The summed E-state index contributed by atoms with van der Waals surface area (Å²) in [4.78, 5) is 25.0. The summed E-state index contributed by atoms with van der Waals surface area (Å²) in [5.41, 5.74) is 4.60. The monoisotopic (exact) mass is 712 g/mol. The molecule has 1 heterocycles. The lowest BCUT2D eigenvalue weighted by atomic mass is 9.96. The average Bonchev–Trinajstić information content (AvgIpc) is 3.16. The summed E-state index contributed by atoms with van der Waals surface area (Å²) in [7, 11) is 0. The van der Waals surface area contributed by atoms with Crippen LogP contribution >= 0.6 is 0 Å². The van der Waals surface area contributed by atoms with E-state index < -0.39 is 6.10 Å². The van der Waals surface area contributed by atoms with Crippen LogP contribution in [-0.2, 0) is 25.5 Å². The van der Waals surface area contributed by atoms with Gasteiger partial charge in [-0.3, -0.25) is 4.79 Å². The Morgan fingerprint density at radius 2 is 1.44 bits per heavy atom. The van der Waals surface area contributed by atoms with Crippen molar-refractivity contribution in [1.29, 1.82) is 0 Å². The summed E-state index contributed by atoms with van der Waals surface area (Å²) < 4.78 is 48.3. The standard InChI is InChI=1S/C43H49FO8/c1-4-47-41(45)22-18-32-13-9-10-14-38(32)52-42(43(46)48-5-2)30(3)12-8-6-7-11-23-49-37-27-34(31-15-19-36(44)20-16-31)26-35(28-37)33-17-21-39-40(29-33)51-25-24-50-39/h9-10,13-17,19-21,26-30,42H,4-8,11-12,18,22-25H2,1-3H3. The van der Waals surface area contributed by atoms with Gasteiger partial charge in [-0.25, -0.2) is 9.18 Å². The van der Waals surface area contributed by atoms with E-state index in [4.69, 9.17) is 28.4 Å². The third-order valence-corrected chi connectivity index (χ3v) is 8.95. The van der Waals surface area contributed by atoms with Gasteiger partial charge in [-0.1, -0.05) is 62.6 Å². The van der Waals surface area contributed by atoms with E-state index in [2.05, 4.69) is 6.07 Å². The number of hydrogen-bond donors (Lipinski definition) is 0. The van der Waals surface area contributed by atoms with Crippen molar-refractivity contribution in [1.82, 2.24) is 0 Å². The number of unbranched alkanes of at least 4 members (excludes halogenated alkanes) is 3. The van der Waals surface area contributed by atoms with Gasteiger partial charge in [0.1, 0.15) is 30.5 Å². The van der Waals surface area contributed by atoms with E-state index in [0.29, 0.717) is 44.3 Å². The van der Waals surface area contributed by atoms with Crippen LogP contribution in [0.15, 0.2) is 84.9 Å². The van der Waals surface area contributed by atoms with E-state index in [9.17, 15) is 14.0 Å². The molecule has 2 unspecified atom stereocenters. The zero-order valence-corrected chi connectivity index (χ0v) is 30.4. The average molecular weight is 713 g/mol. The fraction of sp³-hybridized carbons (Fsp3) is 0.395. The maximum atomic E-state index is 13.7. The van der Waals surface area contributed by atoms with E-state index in [1.54, 1.807) is 26.0 Å². The molecular weight excluding hydrogens is 663 g/mol. The first-order valence-electron chi connectivity index (χ1n) is 18.3. The van der Waals surface area contributed by atoms with Gasteiger partial charge in [0.25, 0.3) is 0 Å². The lowest BCUT2D eigenvalue weighted by Crippen LogP contribution is -2.36. The number of halogens is 1. The number of carbonyl (C=O) groups is 2. The second-order valence-electron chi connectivity index (χ2n) is 12.8. The summed E-state index contributed by atoms with van der Waals surface area (Å²) in [5, 5.41) is 0. The van der Waals surface area contributed by atoms with Crippen molar-refractivity contribution in [3.05, 3.63) is 96.3 Å². The number of benzene rings is 4. The molecule has 0 bridgehead atoms. The Kier molecular flexibility index (Phi) is 14.3. The Morgan fingerprint density at radius 3 is 2.21 bits per heavy atom. The highest BCUT2D eigenvalue weighted by atomic mass is 19.1. The Morgan fingerprint density at radius 1 is 0.750 bits per heavy atom. The molecule has 0 radical (unpaired) electrons. The molecule has 2 atom stereocenters. The molecule has 9 heteroatoms. The molecule has 0 spiro atoms. The molecule has 1 aliphatic rings. The van der Waals surface area contributed by atoms with Gasteiger partial charge >= 0.3 is 11.9 Å². The van der Waals surface area contributed by atoms with Gasteiger partial charge in [0.15, 0.2) is 17.6 Å². The van der Waals surface area contributed by atoms with Crippen LogP contribution in [-0.4, -0.2) is 51.1 Å². The Balaban J connectivity index is 1.15. The Labute approximate surface area is 306 Å². The van der Waals surface area contributed by atoms with E-state index in [1.807, 2.05) is 61.5 Å². The van der Waals surface area contributed by atoms with Crippen LogP contribution in [0.2, 0.25) is 0 Å². The molecule has 0 fully saturated rings. The van der Waals surface area contributed by atoms with Crippen molar-refractivity contribution in [2.24, 2.45) is 5.92 Å². The Hall–Kier alpha value is -5.05. The van der Waals surface area contributed by atoms with Gasteiger partial charge in [-0.15, -0.1) is 0 Å². The van der Waals surface area contributed by atoms with Crippen LogP contribution in [0.4, 0.5) is 4.39 Å². The molecule has 1 aliphatic heterocycles. The zero-order valence-electron chi connectivity index (χ0n) is 30.4. The SMILES string of the molecule is CCOC(=O)CCc1ccccc1OC(C(=O)OCC)C(C)CCCCCCOc1cc(-c2ccc(F)cc2)cc(-c2ccc3c(c2)OCCO3)c1. The highest BCUT2D eigenvalue weighted by Crippen LogP contribution is 2.37. The molecule has 4 aromatic rings. The van der Waals surface area contributed by atoms with Gasteiger partial charge in [-0.2, -0.15) is 0 Å². The number of rotatable bonds is 19. The smallest absolute Gasteiger partial charge is 0.347 e. The maximum absolute atomic E-state index is 13.7. The van der Waals surface area contributed by atoms with Crippen molar-refractivity contribution < 1.29 is 42.4 Å².